The average molecular weight is 261 g/mol. The number of hydrogen-bond donors (Lipinski definition) is 0. The fourth-order valence-corrected chi connectivity index (χ4v) is 2.59. The molecule has 0 saturated heterocycles. The average Bonchev–Trinajstić information content (AvgIpc) is 2.88. The molecule has 2 aliphatic rings. The Kier molecular flexibility index (Phi) is 1.78. The van der Waals surface area contributed by atoms with E-state index in [2.05, 4.69) is 27.0 Å². The Balaban J connectivity index is 2.02. The van der Waals surface area contributed by atoms with Gasteiger partial charge >= 0.3 is 0 Å². The van der Waals surface area contributed by atoms with Crippen molar-refractivity contribution < 1.29 is 0 Å². The van der Waals surface area contributed by atoms with Gasteiger partial charge in [-0.15, -0.1) is 0 Å². The molecule has 0 N–H and O–H groups in total. The number of aliphatic imine (C=N–C) groups is 1. The Morgan fingerprint density at radius 1 is 1.40 bits per heavy atom. The van der Waals surface area contributed by atoms with E-state index in [1.54, 1.807) is 0 Å². The summed E-state index contributed by atoms with van der Waals surface area (Å²) in [5.41, 5.74) is 1.86. The second-order valence-corrected chi connectivity index (χ2v) is 5.10. The molecule has 0 aromatic heterocycles. The molecular weight excluding hydrogens is 252 g/mol. The van der Waals surface area contributed by atoms with Crippen molar-refractivity contribution in [2.45, 2.75) is 6.42 Å². The zero-order valence-corrected chi connectivity index (χ0v) is 9.66. The first-order chi connectivity index (χ1) is 7.26. The van der Waals surface area contributed by atoms with Gasteiger partial charge in [0.1, 0.15) is 5.41 Å². The predicted molar refractivity (Wildman–Crippen MR) is 61.7 cm³/mol. The van der Waals surface area contributed by atoms with Gasteiger partial charge in [-0.05, 0) is 24.1 Å². The Bertz CT molecular complexity index is 483. The molecule has 2 nitrogen and oxygen atoms in total. The fraction of sp³-hybridized carbons (Fsp3) is 0.333. The van der Waals surface area contributed by atoms with Gasteiger partial charge in [0.15, 0.2) is 0 Å². The lowest BCUT2D eigenvalue weighted by molar-refractivity contribution is 0.802. The molecule has 1 saturated carbocycles. The zero-order chi connectivity index (χ0) is 10.5. The van der Waals surface area contributed by atoms with Gasteiger partial charge < -0.3 is 0 Å². The van der Waals surface area contributed by atoms with Crippen LogP contribution in [0.15, 0.2) is 33.7 Å². The largest absolute Gasteiger partial charge is 0.287 e. The Labute approximate surface area is 96.8 Å². The van der Waals surface area contributed by atoms with Gasteiger partial charge in [0.05, 0.1) is 11.8 Å². The van der Waals surface area contributed by atoms with E-state index in [1.165, 1.54) is 0 Å². The molecule has 3 rings (SSSR count). The summed E-state index contributed by atoms with van der Waals surface area (Å²) in [6, 6.07) is 10.5. The molecule has 1 heterocycles. The van der Waals surface area contributed by atoms with Crippen molar-refractivity contribution in [1.29, 1.82) is 5.26 Å². The van der Waals surface area contributed by atoms with E-state index >= 15 is 0 Å². The molecule has 0 unspecified atom stereocenters. The molecule has 3 heteroatoms. The molecule has 74 valence electrons. The SMILES string of the molecule is N#C[C@@]12C[C@@H]1CN=C2c1ccc(Br)cc1. The highest BCUT2D eigenvalue weighted by atomic mass is 79.9. The number of hydrogen-bond acceptors (Lipinski definition) is 2. The molecule has 1 aromatic rings. The molecule has 0 amide bonds. The molecular formula is C12H9BrN2. The van der Waals surface area contributed by atoms with Crippen LogP contribution in [0.4, 0.5) is 0 Å². The van der Waals surface area contributed by atoms with Gasteiger partial charge in [-0.2, -0.15) is 5.26 Å². The quantitative estimate of drug-likeness (QED) is 0.765. The predicted octanol–water partition coefficient (Wildman–Crippen LogP) is 2.78. The van der Waals surface area contributed by atoms with Crippen molar-refractivity contribution in [2.24, 2.45) is 16.3 Å². The third kappa shape index (κ3) is 1.18. The van der Waals surface area contributed by atoms with E-state index in [-0.39, 0.29) is 5.41 Å². The number of nitrogens with zero attached hydrogens (tertiary/aromatic N) is 2. The van der Waals surface area contributed by atoms with Crippen molar-refractivity contribution in [3.8, 4) is 6.07 Å². The minimum absolute atomic E-state index is 0.242. The van der Waals surface area contributed by atoms with Gasteiger partial charge in [0, 0.05) is 16.9 Å². The van der Waals surface area contributed by atoms with Crippen LogP contribution < -0.4 is 0 Å². The van der Waals surface area contributed by atoms with E-state index in [4.69, 9.17) is 0 Å². The Morgan fingerprint density at radius 2 is 2.13 bits per heavy atom. The van der Waals surface area contributed by atoms with Crippen molar-refractivity contribution in [1.82, 2.24) is 0 Å². The first kappa shape index (κ1) is 9.11. The van der Waals surface area contributed by atoms with Gasteiger partial charge in [-0.3, -0.25) is 4.99 Å². The minimum atomic E-state index is -0.242. The van der Waals surface area contributed by atoms with Crippen molar-refractivity contribution >= 4 is 21.6 Å². The summed E-state index contributed by atoms with van der Waals surface area (Å²) in [6.07, 6.45) is 0.998. The third-order valence-electron chi connectivity index (χ3n) is 3.31. The second-order valence-electron chi connectivity index (χ2n) is 4.18. The van der Waals surface area contributed by atoms with Crippen molar-refractivity contribution in [3.63, 3.8) is 0 Å². The highest BCUT2D eigenvalue weighted by molar-refractivity contribution is 9.10. The molecule has 15 heavy (non-hydrogen) atoms. The molecule has 1 aliphatic carbocycles. The van der Waals surface area contributed by atoms with Crippen LogP contribution in [0.5, 0.6) is 0 Å². The number of halogens is 1. The van der Waals surface area contributed by atoms with Gasteiger partial charge in [-0.25, -0.2) is 0 Å². The van der Waals surface area contributed by atoms with Crippen LogP contribution in [0.2, 0.25) is 0 Å². The van der Waals surface area contributed by atoms with E-state index < -0.39 is 0 Å². The molecule has 0 spiro atoms. The second kappa shape index (κ2) is 2.93. The van der Waals surface area contributed by atoms with E-state index in [9.17, 15) is 5.26 Å². The molecule has 1 fully saturated rings. The summed E-state index contributed by atoms with van der Waals surface area (Å²) in [4.78, 5) is 4.49. The smallest absolute Gasteiger partial charge is 0.104 e. The lowest BCUT2D eigenvalue weighted by Gasteiger charge is -2.07. The maximum atomic E-state index is 9.21. The summed E-state index contributed by atoms with van der Waals surface area (Å²) in [7, 11) is 0. The summed E-state index contributed by atoms with van der Waals surface area (Å²) in [5.74, 6) is 0.487. The first-order valence-corrected chi connectivity index (χ1v) is 5.78. The minimum Gasteiger partial charge on any atom is -0.287 e. The number of fused-ring (bicyclic) bond motifs is 1. The van der Waals surface area contributed by atoms with Crippen LogP contribution in [-0.2, 0) is 0 Å². The summed E-state index contributed by atoms with van der Waals surface area (Å²) >= 11 is 3.41. The highest BCUT2D eigenvalue weighted by Gasteiger charge is 2.61. The number of rotatable bonds is 1. The zero-order valence-electron chi connectivity index (χ0n) is 8.07. The van der Waals surface area contributed by atoms with E-state index in [0.29, 0.717) is 5.92 Å². The Hall–Kier alpha value is -1.14. The summed E-state index contributed by atoms with van der Waals surface area (Å²) in [5, 5.41) is 9.21. The van der Waals surface area contributed by atoms with Gasteiger partial charge in [0.2, 0.25) is 0 Å². The summed E-state index contributed by atoms with van der Waals surface area (Å²) < 4.78 is 1.06. The van der Waals surface area contributed by atoms with E-state index in [0.717, 1.165) is 28.7 Å². The van der Waals surface area contributed by atoms with Crippen LogP contribution >= 0.6 is 15.9 Å². The molecule has 0 bridgehead atoms. The normalized spacial score (nSPS) is 31.7. The maximum Gasteiger partial charge on any atom is 0.104 e. The third-order valence-corrected chi connectivity index (χ3v) is 3.84. The molecule has 1 aliphatic heterocycles. The number of benzene rings is 1. The molecule has 0 radical (unpaired) electrons. The van der Waals surface area contributed by atoms with Crippen LogP contribution in [0.3, 0.4) is 0 Å². The van der Waals surface area contributed by atoms with Crippen LogP contribution in [0, 0.1) is 22.7 Å². The van der Waals surface area contributed by atoms with E-state index in [1.807, 2.05) is 24.3 Å². The molecule has 2 atom stereocenters. The van der Waals surface area contributed by atoms with Gasteiger partial charge in [0.25, 0.3) is 0 Å². The maximum absolute atomic E-state index is 9.21. The monoisotopic (exact) mass is 260 g/mol. The topological polar surface area (TPSA) is 36.1 Å². The van der Waals surface area contributed by atoms with Crippen LogP contribution in [0.1, 0.15) is 12.0 Å². The van der Waals surface area contributed by atoms with Crippen molar-refractivity contribution in [2.75, 3.05) is 6.54 Å². The number of nitriles is 1. The lowest BCUT2D eigenvalue weighted by Crippen LogP contribution is -2.13. The van der Waals surface area contributed by atoms with Gasteiger partial charge in [-0.1, -0.05) is 28.1 Å². The molecule has 1 aromatic carbocycles. The van der Waals surface area contributed by atoms with Crippen LogP contribution in [-0.4, -0.2) is 12.3 Å². The standard InChI is InChI=1S/C12H9BrN2/c13-10-3-1-8(2-4-10)11-12(7-14)5-9(12)6-15-11/h1-4,9H,5-6H2/t9-,12+/m1/s1. The highest BCUT2D eigenvalue weighted by Crippen LogP contribution is 2.58. The summed E-state index contributed by atoms with van der Waals surface area (Å²) in [6.45, 7) is 0.832. The first-order valence-electron chi connectivity index (χ1n) is 4.98. The van der Waals surface area contributed by atoms with Crippen LogP contribution in [0.25, 0.3) is 0 Å². The Morgan fingerprint density at radius 3 is 2.73 bits per heavy atom. The lowest BCUT2D eigenvalue weighted by atomic mass is 9.95. The fourth-order valence-electron chi connectivity index (χ4n) is 2.33. The van der Waals surface area contributed by atoms with Crippen molar-refractivity contribution in [3.05, 3.63) is 34.3 Å².